The van der Waals surface area contributed by atoms with Crippen molar-refractivity contribution in [2.45, 2.75) is 19.8 Å². The Morgan fingerprint density at radius 1 is 1.65 bits per heavy atom. The van der Waals surface area contributed by atoms with E-state index in [0.717, 1.165) is 18.7 Å². The van der Waals surface area contributed by atoms with E-state index in [1.807, 2.05) is 6.92 Å². The largest absolute Gasteiger partial charge is 0.339 e. The van der Waals surface area contributed by atoms with Gasteiger partial charge in [-0.15, -0.1) is 11.6 Å². The number of nitriles is 1. The molecule has 0 spiro atoms. The molecule has 0 saturated heterocycles. The lowest BCUT2D eigenvalue weighted by Gasteiger charge is -2.15. The van der Waals surface area contributed by atoms with Gasteiger partial charge in [0.05, 0.1) is 12.2 Å². The minimum atomic E-state index is -0.00984. The number of H-pyrrole nitrogens is 1. The van der Waals surface area contributed by atoms with Gasteiger partial charge in [0.15, 0.2) is 5.82 Å². The Hall–Kier alpha value is -2.00. The van der Waals surface area contributed by atoms with E-state index in [1.54, 1.807) is 11.0 Å². The van der Waals surface area contributed by atoms with Crippen LogP contribution in [0.1, 0.15) is 24.6 Å². The standard InChI is InChI=1S/C13H16ClN5O/c1-2-5-19-8-9(6-12(19)20)16-13-10(7-15)11(3-4-14)17-18-13/h6H,2-5,8H2,1H3,(H2,16,17,18). The fourth-order valence-corrected chi connectivity index (χ4v) is 2.31. The second-order valence-corrected chi connectivity index (χ2v) is 4.91. The topological polar surface area (TPSA) is 84.8 Å². The molecule has 106 valence electrons. The number of halogens is 1. The van der Waals surface area contributed by atoms with Crippen LogP contribution in [0.2, 0.25) is 0 Å². The van der Waals surface area contributed by atoms with Gasteiger partial charge in [0.2, 0.25) is 5.91 Å². The molecule has 0 aromatic carbocycles. The number of aromatic amines is 1. The highest BCUT2D eigenvalue weighted by Gasteiger charge is 2.22. The number of amides is 1. The van der Waals surface area contributed by atoms with E-state index in [9.17, 15) is 10.1 Å². The van der Waals surface area contributed by atoms with E-state index in [0.29, 0.717) is 35.9 Å². The molecule has 0 aliphatic carbocycles. The number of alkyl halides is 1. The Kier molecular flexibility index (Phi) is 4.64. The lowest BCUT2D eigenvalue weighted by Crippen LogP contribution is -2.27. The third-order valence-electron chi connectivity index (χ3n) is 3.04. The summed E-state index contributed by atoms with van der Waals surface area (Å²) in [5.74, 6) is 0.858. The van der Waals surface area contributed by atoms with Crippen LogP contribution in [0.4, 0.5) is 5.82 Å². The predicted octanol–water partition coefficient (Wildman–Crippen LogP) is 1.61. The average Bonchev–Trinajstić information content (AvgIpc) is 2.95. The van der Waals surface area contributed by atoms with Crippen molar-refractivity contribution in [1.82, 2.24) is 15.1 Å². The number of hydrogen-bond donors (Lipinski definition) is 2. The van der Waals surface area contributed by atoms with Crippen LogP contribution < -0.4 is 5.32 Å². The number of aryl methyl sites for hydroxylation is 1. The van der Waals surface area contributed by atoms with Crippen molar-refractivity contribution in [2.24, 2.45) is 0 Å². The van der Waals surface area contributed by atoms with Gasteiger partial charge in [-0.3, -0.25) is 9.89 Å². The second-order valence-electron chi connectivity index (χ2n) is 4.53. The van der Waals surface area contributed by atoms with Crippen molar-refractivity contribution < 1.29 is 4.79 Å². The minimum absolute atomic E-state index is 0.00984. The van der Waals surface area contributed by atoms with E-state index in [-0.39, 0.29) is 5.91 Å². The van der Waals surface area contributed by atoms with Crippen molar-refractivity contribution in [2.75, 3.05) is 24.3 Å². The molecular weight excluding hydrogens is 278 g/mol. The van der Waals surface area contributed by atoms with E-state index in [2.05, 4.69) is 21.6 Å². The maximum absolute atomic E-state index is 11.7. The van der Waals surface area contributed by atoms with Crippen LogP contribution in [0.5, 0.6) is 0 Å². The average molecular weight is 294 g/mol. The second kappa shape index (κ2) is 6.44. The molecular formula is C13H16ClN5O. The van der Waals surface area contributed by atoms with Crippen LogP contribution in [0.3, 0.4) is 0 Å². The summed E-state index contributed by atoms with van der Waals surface area (Å²) in [6.07, 6.45) is 3.02. The van der Waals surface area contributed by atoms with Gasteiger partial charge >= 0.3 is 0 Å². The molecule has 2 heterocycles. The number of carbonyl (C=O) groups is 1. The molecule has 0 atom stereocenters. The molecule has 20 heavy (non-hydrogen) atoms. The van der Waals surface area contributed by atoms with Crippen LogP contribution in [0, 0.1) is 11.3 Å². The Balaban J connectivity index is 2.10. The first-order valence-corrected chi connectivity index (χ1v) is 7.02. The molecule has 0 unspecified atom stereocenters. The first-order chi connectivity index (χ1) is 9.69. The summed E-state index contributed by atoms with van der Waals surface area (Å²) < 4.78 is 0. The van der Waals surface area contributed by atoms with Gasteiger partial charge in [-0.1, -0.05) is 6.92 Å². The number of nitrogens with zero attached hydrogens (tertiary/aromatic N) is 3. The van der Waals surface area contributed by atoms with Gasteiger partial charge in [-0.2, -0.15) is 10.4 Å². The molecule has 2 rings (SSSR count). The maximum Gasteiger partial charge on any atom is 0.248 e. The van der Waals surface area contributed by atoms with Crippen LogP contribution in [0.15, 0.2) is 11.8 Å². The first kappa shape index (κ1) is 14.4. The molecule has 1 aliphatic rings. The molecule has 0 fully saturated rings. The molecule has 7 heteroatoms. The maximum atomic E-state index is 11.7. The Labute approximate surface area is 122 Å². The summed E-state index contributed by atoms with van der Waals surface area (Å²) in [5, 5.41) is 19.1. The zero-order valence-electron chi connectivity index (χ0n) is 11.2. The molecule has 2 N–H and O–H groups in total. The van der Waals surface area contributed by atoms with Crippen LogP contribution in [-0.2, 0) is 11.2 Å². The van der Waals surface area contributed by atoms with Crippen LogP contribution in [0.25, 0.3) is 0 Å². The number of hydrogen-bond acceptors (Lipinski definition) is 4. The Morgan fingerprint density at radius 3 is 3.10 bits per heavy atom. The molecule has 1 aliphatic heterocycles. The molecule has 0 bridgehead atoms. The van der Waals surface area contributed by atoms with Crippen LogP contribution >= 0.6 is 11.6 Å². The summed E-state index contributed by atoms with van der Waals surface area (Å²) in [4.78, 5) is 13.5. The molecule has 6 nitrogen and oxygen atoms in total. The fourth-order valence-electron chi connectivity index (χ4n) is 2.12. The van der Waals surface area contributed by atoms with Gasteiger partial charge in [0, 0.05) is 30.6 Å². The Morgan fingerprint density at radius 2 is 2.45 bits per heavy atom. The Bertz CT molecular complexity index is 572. The minimum Gasteiger partial charge on any atom is -0.339 e. The van der Waals surface area contributed by atoms with Crippen molar-refractivity contribution in [1.29, 1.82) is 5.26 Å². The number of carbonyl (C=O) groups excluding carboxylic acids is 1. The molecule has 0 saturated carbocycles. The molecule has 1 aromatic rings. The van der Waals surface area contributed by atoms with Crippen LogP contribution in [-0.4, -0.2) is 40.0 Å². The third-order valence-corrected chi connectivity index (χ3v) is 3.23. The van der Waals surface area contributed by atoms with Crippen molar-refractivity contribution >= 4 is 23.3 Å². The summed E-state index contributed by atoms with van der Waals surface area (Å²) in [6, 6.07) is 2.11. The summed E-state index contributed by atoms with van der Waals surface area (Å²) >= 11 is 5.68. The normalized spacial score (nSPS) is 14.3. The summed E-state index contributed by atoms with van der Waals surface area (Å²) in [6.45, 7) is 3.28. The number of aromatic nitrogens is 2. The third kappa shape index (κ3) is 2.94. The summed E-state index contributed by atoms with van der Waals surface area (Å²) in [5.41, 5.74) is 1.91. The van der Waals surface area contributed by atoms with Gasteiger partial charge in [0.1, 0.15) is 11.6 Å². The number of anilines is 1. The number of nitrogens with one attached hydrogen (secondary N) is 2. The zero-order valence-corrected chi connectivity index (χ0v) is 12.0. The SMILES string of the molecule is CCCN1CC(Nc2n[nH]c(CCCl)c2C#N)=CC1=O. The monoisotopic (exact) mass is 293 g/mol. The predicted molar refractivity (Wildman–Crippen MR) is 76.3 cm³/mol. The number of rotatable bonds is 6. The van der Waals surface area contributed by atoms with E-state index in [4.69, 9.17) is 11.6 Å². The van der Waals surface area contributed by atoms with E-state index >= 15 is 0 Å². The van der Waals surface area contributed by atoms with Gasteiger partial charge in [-0.25, -0.2) is 0 Å². The fraction of sp³-hybridized carbons (Fsp3) is 0.462. The molecule has 1 aromatic heterocycles. The van der Waals surface area contributed by atoms with E-state index in [1.165, 1.54) is 0 Å². The first-order valence-electron chi connectivity index (χ1n) is 6.49. The van der Waals surface area contributed by atoms with E-state index < -0.39 is 0 Å². The quantitative estimate of drug-likeness (QED) is 0.780. The van der Waals surface area contributed by atoms with Gasteiger partial charge < -0.3 is 10.2 Å². The highest BCUT2D eigenvalue weighted by Crippen LogP contribution is 2.20. The summed E-state index contributed by atoms with van der Waals surface area (Å²) in [7, 11) is 0. The van der Waals surface area contributed by atoms with Gasteiger partial charge in [-0.05, 0) is 6.42 Å². The van der Waals surface area contributed by atoms with Crippen molar-refractivity contribution in [3.8, 4) is 6.07 Å². The lowest BCUT2D eigenvalue weighted by atomic mass is 10.2. The van der Waals surface area contributed by atoms with Crippen molar-refractivity contribution in [3.05, 3.63) is 23.0 Å². The van der Waals surface area contributed by atoms with Crippen molar-refractivity contribution in [3.63, 3.8) is 0 Å². The zero-order chi connectivity index (χ0) is 14.5. The smallest absolute Gasteiger partial charge is 0.248 e. The molecule has 0 radical (unpaired) electrons. The lowest BCUT2D eigenvalue weighted by molar-refractivity contribution is -0.124. The highest BCUT2D eigenvalue weighted by molar-refractivity contribution is 6.18. The highest BCUT2D eigenvalue weighted by atomic mass is 35.5. The molecule has 1 amide bonds. The van der Waals surface area contributed by atoms with Gasteiger partial charge in [0.25, 0.3) is 0 Å².